The smallest absolute Gasteiger partial charge is 0.273 e. The Morgan fingerprint density at radius 1 is 1.48 bits per heavy atom. The van der Waals surface area contributed by atoms with Gasteiger partial charge in [-0.1, -0.05) is 11.3 Å². The maximum absolute atomic E-state index is 12.4. The van der Waals surface area contributed by atoms with Crippen molar-refractivity contribution in [2.75, 3.05) is 20.2 Å². The van der Waals surface area contributed by atoms with Gasteiger partial charge in [-0.3, -0.25) is 4.79 Å². The van der Waals surface area contributed by atoms with Crippen LogP contribution in [0, 0.1) is 0 Å². The van der Waals surface area contributed by atoms with E-state index in [1.807, 2.05) is 17.5 Å². The van der Waals surface area contributed by atoms with Gasteiger partial charge in [0.05, 0.1) is 25.8 Å². The summed E-state index contributed by atoms with van der Waals surface area (Å²) in [5, 5.41) is 2.51. The highest BCUT2D eigenvalue weighted by molar-refractivity contribution is 9.10. The normalized spacial score (nSPS) is 14.7. The Morgan fingerprint density at radius 2 is 2.29 bits per heavy atom. The summed E-state index contributed by atoms with van der Waals surface area (Å²) >= 11 is 4.86. The molecule has 0 unspecified atom stereocenters. The van der Waals surface area contributed by atoms with E-state index < -0.39 is 0 Å². The van der Waals surface area contributed by atoms with Crippen molar-refractivity contribution in [1.29, 1.82) is 0 Å². The number of halogens is 1. The van der Waals surface area contributed by atoms with Gasteiger partial charge in [0.1, 0.15) is 11.9 Å². The number of carbonyl (C=O) groups excluding carboxylic acids is 1. The van der Waals surface area contributed by atoms with Crippen molar-refractivity contribution in [2.24, 2.45) is 0 Å². The Kier molecular flexibility index (Phi) is 4.12. The summed E-state index contributed by atoms with van der Waals surface area (Å²) in [6, 6.07) is 5.36. The molecule has 0 aliphatic carbocycles. The molecule has 0 spiro atoms. The molecule has 1 amide bonds. The minimum absolute atomic E-state index is 0.0180. The van der Waals surface area contributed by atoms with Crippen LogP contribution in [-0.4, -0.2) is 42.1 Å². The van der Waals surface area contributed by atoms with Gasteiger partial charge >= 0.3 is 0 Å². The van der Waals surface area contributed by atoms with Gasteiger partial charge in [-0.15, -0.1) is 0 Å². The molecule has 1 fully saturated rings. The first-order chi connectivity index (χ1) is 10.2. The van der Waals surface area contributed by atoms with Gasteiger partial charge in [0.2, 0.25) is 0 Å². The van der Waals surface area contributed by atoms with Crippen LogP contribution in [0.5, 0.6) is 10.9 Å². The summed E-state index contributed by atoms with van der Waals surface area (Å²) in [4.78, 5) is 18.3. The number of carbonyl (C=O) groups is 1. The average molecular weight is 369 g/mol. The van der Waals surface area contributed by atoms with E-state index in [9.17, 15) is 4.79 Å². The number of likely N-dealkylation sites (tertiary alicyclic amines) is 1. The minimum Gasteiger partial charge on any atom is -0.497 e. The van der Waals surface area contributed by atoms with Crippen molar-refractivity contribution in [3.05, 3.63) is 39.8 Å². The average Bonchev–Trinajstić information content (AvgIpc) is 2.95. The molecule has 0 saturated carbocycles. The number of rotatable bonds is 4. The van der Waals surface area contributed by atoms with E-state index in [0.717, 1.165) is 4.47 Å². The highest BCUT2D eigenvalue weighted by Crippen LogP contribution is 2.27. The van der Waals surface area contributed by atoms with E-state index in [-0.39, 0.29) is 12.0 Å². The summed E-state index contributed by atoms with van der Waals surface area (Å²) in [5.41, 5.74) is 0.599. The topological polar surface area (TPSA) is 51.7 Å². The van der Waals surface area contributed by atoms with Gasteiger partial charge in [-0.25, -0.2) is 4.98 Å². The first kappa shape index (κ1) is 14.3. The number of hydrogen-bond acceptors (Lipinski definition) is 5. The zero-order chi connectivity index (χ0) is 14.8. The van der Waals surface area contributed by atoms with Crippen LogP contribution < -0.4 is 9.47 Å². The fourth-order valence-electron chi connectivity index (χ4n) is 2.06. The van der Waals surface area contributed by atoms with Crippen LogP contribution in [-0.2, 0) is 0 Å². The Labute approximate surface area is 134 Å². The van der Waals surface area contributed by atoms with Crippen molar-refractivity contribution in [1.82, 2.24) is 9.88 Å². The van der Waals surface area contributed by atoms with Gasteiger partial charge in [0.25, 0.3) is 11.1 Å². The van der Waals surface area contributed by atoms with Crippen molar-refractivity contribution < 1.29 is 14.3 Å². The Hall–Kier alpha value is -1.60. The van der Waals surface area contributed by atoms with Gasteiger partial charge in [0, 0.05) is 16.0 Å². The summed E-state index contributed by atoms with van der Waals surface area (Å²) in [7, 11) is 1.58. The SMILES string of the molecule is COc1ccc(Br)c(C(=O)N2CC(Oc3nccs3)C2)c1. The van der Waals surface area contributed by atoms with Crippen molar-refractivity contribution in [3.63, 3.8) is 0 Å². The monoisotopic (exact) mass is 368 g/mol. The number of aromatic nitrogens is 1. The van der Waals surface area contributed by atoms with Gasteiger partial charge in [-0.2, -0.15) is 0 Å². The second kappa shape index (κ2) is 6.03. The zero-order valence-corrected chi connectivity index (χ0v) is 13.7. The van der Waals surface area contributed by atoms with E-state index >= 15 is 0 Å². The molecule has 5 nitrogen and oxygen atoms in total. The van der Waals surface area contributed by atoms with Crippen LogP contribution >= 0.6 is 27.3 Å². The van der Waals surface area contributed by atoms with Crippen LogP contribution in [0.3, 0.4) is 0 Å². The molecule has 0 N–H and O–H groups in total. The quantitative estimate of drug-likeness (QED) is 0.832. The molecule has 0 bridgehead atoms. The number of ether oxygens (including phenoxy) is 2. The third-order valence-electron chi connectivity index (χ3n) is 3.22. The highest BCUT2D eigenvalue weighted by atomic mass is 79.9. The fourth-order valence-corrected chi connectivity index (χ4v) is 3.02. The number of benzene rings is 1. The zero-order valence-electron chi connectivity index (χ0n) is 11.3. The number of nitrogens with zero attached hydrogens (tertiary/aromatic N) is 2. The maximum Gasteiger partial charge on any atom is 0.273 e. The molecule has 110 valence electrons. The lowest BCUT2D eigenvalue weighted by Crippen LogP contribution is -2.56. The molecular weight excluding hydrogens is 356 g/mol. The number of amides is 1. The van der Waals surface area contributed by atoms with E-state index in [0.29, 0.717) is 29.6 Å². The molecule has 1 saturated heterocycles. The molecular formula is C14H13BrN2O3S. The lowest BCUT2D eigenvalue weighted by molar-refractivity contribution is 0.0176. The summed E-state index contributed by atoms with van der Waals surface area (Å²) in [6.45, 7) is 1.14. The predicted octanol–water partition coefficient (Wildman–Crippen LogP) is 2.82. The van der Waals surface area contributed by atoms with Crippen molar-refractivity contribution >= 4 is 33.2 Å². The first-order valence-corrected chi connectivity index (χ1v) is 8.03. The Balaban J connectivity index is 1.63. The summed E-state index contributed by atoms with van der Waals surface area (Å²) < 4.78 is 11.6. The lowest BCUT2D eigenvalue weighted by atomic mass is 10.1. The molecule has 1 aromatic heterocycles. The molecule has 7 heteroatoms. The Bertz CT molecular complexity index is 642. The van der Waals surface area contributed by atoms with Crippen molar-refractivity contribution in [2.45, 2.75) is 6.10 Å². The second-order valence-electron chi connectivity index (χ2n) is 4.59. The molecule has 3 rings (SSSR count). The van der Waals surface area contributed by atoms with Crippen LogP contribution in [0.2, 0.25) is 0 Å². The van der Waals surface area contributed by atoms with E-state index in [2.05, 4.69) is 20.9 Å². The molecule has 1 aromatic carbocycles. The van der Waals surface area contributed by atoms with E-state index in [1.54, 1.807) is 24.3 Å². The number of hydrogen-bond donors (Lipinski definition) is 0. The predicted molar refractivity (Wildman–Crippen MR) is 83.1 cm³/mol. The molecule has 1 aliphatic heterocycles. The molecule has 21 heavy (non-hydrogen) atoms. The molecule has 1 aliphatic rings. The third kappa shape index (κ3) is 3.03. The van der Waals surface area contributed by atoms with Crippen LogP contribution in [0.1, 0.15) is 10.4 Å². The largest absolute Gasteiger partial charge is 0.497 e. The third-order valence-corrected chi connectivity index (χ3v) is 4.57. The van der Waals surface area contributed by atoms with Crippen LogP contribution in [0.15, 0.2) is 34.2 Å². The Morgan fingerprint density at radius 3 is 2.95 bits per heavy atom. The molecule has 0 atom stereocenters. The maximum atomic E-state index is 12.4. The van der Waals surface area contributed by atoms with Gasteiger partial charge < -0.3 is 14.4 Å². The highest BCUT2D eigenvalue weighted by Gasteiger charge is 2.34. The minimum atomic E-state index is -0.0280. The first-order valence-electron chi connectivity index (χ1n) is 6.36. The van der Waals surface area contributed by atoms with E-state index in [1.165, 1.54) is 11.3 Å². The fraction of sp³-hybridized carbons (Fsp3) is 0.286. The standard InChI is InChI=1S/C14H13BrN2O3S/c1-19-9-2-3-12(15)11(6-9)13(18)17-7-10(8-17)20-14-16-4-5-21-14/h2-6,10H,7-8H2,1H3. The summed E-state index contributed by atoms with van der Waals surface area (Å²) in [5.74, 6) is 0.637. The van der Waals surface area contributed by atoms with Crippen LogP contribution in [0.4, 0.5) is 0 Å². The van der Waals surface area contributed by atoms with Gasteiger partial charge in [-0.05, 0) is 34.1 Å². The summed E-state index contributed by atoms with van der Waals surface area (Å²) in [6.07, 6.45) is 1.72. The van der Waals surface area contributed by atoms with E-state index in [4.69, 9.17) is 9.47 Å². The van der Waals surface area contributed by atoms with Crippen molar-refractivity contribution in [3.8, 4) is 10.9 Å². The molecule has 2 aromatic rings. The van der Waals surface area contributed by atoms with Gasteiger partial charge in [0.15, 0.2) is 0 Å². The number of methoxy groups -OCH3 is 1. The molecule has 0 radical (unpaired) electrons. The second-order valence-corrected chi connectivity index (χ2v) is 6.31. The number of thiazole rings is 1. The lowest BCUT2D eigenvalue weighted by Gasteiger charge is -2.38. The molecule has 2 heterocycles. The van der Waals surface area contributed by atoms with Crippen LogP contribution in [0.25, 0.3) is 0 Å².